The molecule has 0 aromatic heterocycles. The average Bonchev–Trinajstić information content (AvgIpc) is 2.43. The van der Waals surface area contributed by atoms with Crippen molar-refractivity contribution < 1.29 is 9.90 Å². The molecule has 104 valence electrons. The molecule has 1 aliphatic heterocycles. The molecule has 1 N–H and O–H groups in total. The second-order valence-electron chi connectivity index (χ2n) is 5.27. The standard InChI is InChI=1S/C16H23NO2/c1-13(19)14-7-8-16-15(12-14)6-5-10-17(16)9-3-2-4-11-18/h7-8,12,18H,2-6,9-11H2,1H3. The fourth-order valence-corrected chi connectivity index (χ4v) is 2.72. The van der Waals surface area contributed by atoms with E-state index in [4.69, 9.17) is 5.11 Å². The molecule has 1 heterocycles. The zero-order chi connectivity index (χ0) is 13.7. The third-order valence-electron chi connectivity index (χ3n) is 3.79. The lowest BCUT2D eigenvalue weighted by Gasteiger charge is -2.31. The molecule has 2 rings (SSSR count). The summed E-state index contributed by atoms with van der Waals surface area (Å²) in [6.07, 6.45) is 5.32. The molecule has 0 atom stereocenters. The van der Waals surface area contributed by atoms with E-state index >= 15 is 0 Å². The maximum absolute atomic E-state index is 11.4. The van der Waals surface area contributed by atoms with Gasteiger partial charge in [-0.1, -0.05) is 0 Å². The van der Waals surface area contributed by atoms with Gasteiger partial charge in [0.25, 0.3) is 0 Å². The smallest absolute Gasteiger partial charge is 0.159 e. The molecule has 0 saturated carbocycles. The van der Waals surface area contributed by atoms with Crippen LogP contribution in [-0.4, -0.2) is 30.6 Å². The number of hydrogen-bond acceptors (Lipinski definition) is 3. The summed E-state index contributed by atoms with van der Waals surface area (Å²) in [6.45, 7) is 4.06. The van der Waals surface area contributed by atoms with Crippen LogP contribution in [0, 0.1) is 0 Å². The average molecular weight is 261 g/mol. The number of nitrogens with zero attached hydrogens (tertiary/aromatic N) is 1. The fraction of sp³-hybridized carbons (Fsp3) is 0.562. The number of fused-ring (bicyclic) bond motifs is 1. The van der Waals surface area contributed by atoms with Crippen molar-refractivity contribution in [3.63, 3.8) is 0 Å². The molecule has 19 heavy (non-hydrogen) atoms. The van der Waals surface area contributed by atoms with Crippen LogP contribution >= 0.6 is 0 Å². The number of unbranched alkanes of at least 4 members (excludes halogenated alkanes) is 2. The first kappa shape index (κ1) is 14.1. The Balaban J connectivity index is 2.04. The molecule has 3 nitrogen and oxygen atoms in total. The van der Waals surface area contributed by atoms with Gasteiger partial charge in [-0.25, -0.2) is 0 Å². The molecule has 0 radical (unpaired) electrons. The van der Waals surface area contributed by atoms with Gasteiger partial charge in [-0.05, 0) is 62.8 Å². The van der Waals surface area contributed by atoms with E-state index < -0.39 is 0 Å². The van der Waals surface area contributed by atoms with Crippen LogP contribution in [0.1, 0.15) is 48.5 Å². The molecule has 0 spiro atoms. The number of benzene rings is 1. The highest BCUT2D eigenvalue weighted by Crippen LogP contribution is 2.28. The summed E-state index contributed by atoms with van der Waals surface area (Å²) in [5.41, 5.74) is 3.42. The molecular formula is C16H23NO2. The fourth-order valence-electron chi connectivity index (χ4n) is 2.72. The highest BCUT2D eigenvalue weighted by Gasteiger charge is 2.17. The number of aryl methyl sites for hydroxylation is 1. The van der Waals surface area contributed by atoms with Crippen molar-refractivity contribution in [2.24, 2.45) is 0 Å². The summed E-state index contributed by atoms with van der Waals surface area (Å²) in [7, 11) is 0. The first-order valence-electron chi connectivity index (χ1n) is 7.22. The van der Waals surface area contributed by atoms with Gasteiger partial charge in [0.15, 0.2) is 5.78 Å². The topological polar surface area (TPSA) is 40.5 Å². The van der Waals surface area contributed by atoms with Gasteiger partial charge in [-0.2, -0.15) is 0 Å². The summed E-state index contributed by atoms with van der Waals surface area (Å²) in [6, 6.07) is 6.09. The predicted molar refractivity (Wildman–Crippen MR) is 77.9 cm³/mol. The monoisotopic (exact) mass is 261 g/mol. The minimum Gasteiger partial charge on any atom is -0.396 e. The van der Waals surface area contributed by atoms with E-state index in [1.54, 1.807) is 6.92 Å². The third-order valence-corrected chi connectivity index (χ3v) is 3.79. The Kier molecular flexibility index (Phi) is 4.97. The Morgan fingerprint density at radius 1 is 1.32 bits per heavy atom. The maximum atomic E-state index is 11.4. The number of anilines is 1. The number of carbonyl (C=O) groups excluding carboxylic acids is 1. The summed E-state index contributed by atoms with van der Waals surface area (Å²) in [5.74, 6) is 0.142. The van der Waals surface area contributed by atoms with E-state index in [1.807, 2.05) is 6.07 Å². The summed E-state index contributed by atoms with van der Waals surface area (Å²) in [5, 5.41) is 8.80. The molecule has 0 fully saturated rings. The van der Waals surface area contributed by atoms with E-state index in [-0.39, 0.29) is 5.78 Å². The maximum Gasteiger partial charge on any atom is 0.159 e. The van der Waals surface area contributed by atoms with Gasteiger partial charge >= 0.3 is 0 Å². The minimum absolute atomic E-state index is 0.142. The van der Waals surface area contributed by atoms with Crippen LogP contribution in [0.2, 0.25) is 0 Å². The Labute approximate surface area is 115 Å². The zero-order valence-electron chi connectivity index (χ0n) is 11.7. The van der Waals surface area contributed by atoms with Crippen LogP contribution in [0.5, 0.6) is 0 Å². The zero-order valence-corrected chi connectivity index (χ0v) is 11.7. The minimum atomic E-state index is 0.142. The van der Waals surface area contributed by atoms with Crippen molar-refractivity contribution >= 4 is 11.5 Å². The highest BCUT2D eigenvalue weighted by atomic mass is 16.2. The van der Waals surface area contributed by atoms with E-state index in [1.165, 1.54) is 11.3 Å². The number of aliphatic hydroxyl groups excluding tert-OH is 1. The van der Waals surface area contributed by atoms with E-state index in [9.17, 15) is 4.79 Å². The molecule has 0 unspecified atom stereocenters. The van der Waals surface area contributed by atoms with Gasteiger partial charge in [-0.3, -0.25) is 4.79 Å². The van der Waals surface area contributed by atoms with Crippen molar-refractivity contribution in [3.8, 4) is 0 Å². The molecule has 0 amide bonds. The Morgan fingerprint density at radius 3 is 2.89 bits per heavy atom. The van der Waals surface area contributed by atoms with Crippen molar-refractivity contribution in [1.29, 1.82) is 0 Å². The number of ketones is 1. The molecule has 0 aliphatic carbocycles. The van der Waals surface area contributed by atoms with E-state index in [0.29, 0.717) is 6.61 Å². The van der Waals surface area contributed by atoms with E-state index in [0.717, 1.165) is 50.8 Å². The lowest BCUT2D eigenvalue weighted by molar-refractivity contribution is 0.101. The van der Waals surface area contributed by atoms with Crippen LogP contribution in [0.4, 0.5) is 5.69 Å². The third kappa shape index (κ3) is 3.57. The van der Waals surface area contributed by atoms with Gasteiger partial charge < -0.3 is 10.0 Å². The van der Waals surface area contributed by atoms with Gasteiger partial charge in [-0.15, -0.1) is 0 Å². The van der Waals surface area contributed by atoms with Crippen LogP contribution < -0.4 is 4.90 Å². The summed E-state index contributed by atoms with van der Waals surface area (Å²) in [4.78, 5) is 13.8. The van der Waals surface area contributed by atoms with Crippen molar-refractivity contribution in [3.05, 3.63) is 29.3 Å². The normalized spacial score (nSPS) is 14.3. The summed E-state index contributed by atoms with van der Waals surface area (Å²) < 4.78 is 0. The van der Waals surface area contributed by atoms with Crippen LogP contribution in [0.25, 0.3) is 0 Å². The second kappa shape index (κ2) is 6.71. The second-order valence-corrected chi connectivity index (χ2v) is 5.27. The largest absolute Gasteiger partial charge is 0.396 e. The van der Waals surface area contributed by atoms with Crippen molar-refractivity contribution in [2.75, 3.05) is 24.6 Å². The molecule has 1 aliphatic rings. The van der Waals surface area contributed by atoms with Crippen LogP contribution in [0.15, 0.2) is 18.2 Å². The van der Waals surface area contributed by atoms with Gasteiger partial charge in [0, 0.05) is 30.9 Å². The number of carbonyl (C=O) groups is 1. The Hall–Kier alpha value is -1.35. The molecule has 0 saturated heterocycles. The lowest BCUT2D eigenvalue weighted by atomic mass is 9.97. The first-order valence-corrected chi connectivity index (χ1v) is 7.22. The van der Waals surface area contributed by atoms with Crippen molar-refractivity contribution in [1.82, 2.24) is 0 Å². The number of aliphatic hydroxyl groups is 1. The SMILES string of the molecule is CC(=O)c1ccc2c(c1)CCCN2CCCCCO. The molecule has 0 bridgehead atoms. The highest BCUT2D eigenvalue weighted by molar-refractivity contribution is 5.94. The molecule has 3 heteroatoms. The Morgan fingerprint density at radius 2 is 2.16 bits per heavy atom. The van der Waals surface area contributed by atoms with E-state index in [2.05, 4.69) is 17.0 Å². The predicted octanol–water partition coefficient (Wildman–Crippen LogP) is 2.80. The van der Waals surface area contributed by atoms with Gasteiger partial charge in [0.2, 0.25) is 0 Å². The number of rotatable bonds is 6. The number of Topliss-reactive ketones (excluding diaryl/α,β-unsaturated/α-hetero) is 1. The van der Waals surface area contributed by atoms with Crippen LogP contribution in [-0.2, 0) is 6.42 Å². The lowest BCUT2D eigenvalue weighted by Crippen LogP contribution is -2.30. The molecular weight excluding hydrogens is 238 g/mol. The van der Waals surface area contributed by atoms with Crippen LogP contribution in [0.3, 0.4) is 0 Å². The quantitative estimate of drug-likeness (QED) is 0.632. The molecule has 1 aromatic carbocycles. The van der Waals surface area contributed by atoms with Gasteiger partial charge in [0.1, 0.15) is 0 Å². The number of hydrogen-bond donors (Lipinski definition) is 1. The van der Waals surface area contributed by atoms with Crippen molar-refractivity contribution in [2.45, 2.75) is 39.0 Å². The Bertz CT molecular complexity index is 442. The first-order chi connectivity index (χ1) is 9.22. The summed E-state index contributed by atoms with van der Waals surface area (Å²) >= 11 is 0. The van der Waals surface area contributed by atoms with Gasteiger partial charge in [0.05, 0.1) is 0 Å². The molecule has 1 aromatic rings.